The second kappa shape index (κ2) is 7.39. The number of hydrogen-bond acceptors (Lipinski definition) is 2. The van der Waals surface area contributed by atoms with Crippen molar-refractivity contribution < 1.29 is 9.84 Å². The van der Waals surface area contributed by atoms with E-state index in [0.717, 1.165) is 42.6 Å². The Labute approximate surface area is 182 Å². The summed E-state index contributed by atoms with van der Waals surface area (Å²) in [5.74, 6) is 9.64. The summed E-state index contributed by atoms with van der Waals surface area (Å²) < 4.78 is 5.94. The van der Waals surface area contributed by atoms with Gasteiger partial charge in [0.2, 0.25) is 0 Å². The minimum Gasteiger partial charge on any atom is -0.381 e. The van der Waals surface area contributed by atoms with E-state index in [1.165, 1.54) is 38.5 Å². The van der Waals surface area contributed by atoms with E-state index < -0.39 is 5.60 Å². The van der Waals surface area contributed by atoms with Gasteiger partial charge in [-0.1, -0.05) is 43.9 Å². The number of methoxy groups -OCH3 is 1. The molecule has 4 aliphatic rings. The molecule has 4 fully saturated rings. The van der Waals surface area contributed by atoms with Crippen molar-refractivity contribution in [1.29, 1.82) is 0 Å². The van der Waals surface area contributed by atoms with Crippen molar-refractivity contribution in [1.82, 2.24) is 0 Å². The van der Waals surface area contributed by atoms with Crippen molar-refractivity contribution in [3.05, 3.63) is 35.9 Å². The fourth-order valence-corrected chi connectivity index (χ4v) is 8.41. The van der Waals surface area contributed by atoms with Gasteiger partial charge in [-0.3, -0.25) is 0 Å². The zero-order valence-corrected chi connectivity index (χ0v) is 19.0. The van der Waals surface area contributed by atoms with Gasteiger partial charge < -0.3 is 9.84 Å². The van der Waals surface area contributed by atoms with Crippen molar-refractivity contribution in [2.75, 3.05) is 7.11 Å². The van der Waals surface area contributed by atoms with E-state index in [4.69, 9.17) is 4.74 Å². The highest BCUT2D eigenvalue weighted by molar-refractivity contribution is 5.36. The number of benzene rings is 1. The lowest BCUT2D eigenvalue weighted by Gasteiger charge is -2.61. The van der Waals surface area contributed by atoms with Gasteiger partial charge in [0.25, 0.3) is 0 Å². The molecule has 2 heteroatoms. The molecule has 0 unspecified atom stereocenters. The normalized spacial score (nSPS) is 47.4. The first-order valence-electron chi connectivity index (χ1n) is 12.2. The van der Waals surface area contributed by atoms with Crippen LogP contribution in [-0.4, -0.2) is 23.9 Å². The molecule has 1 aromatic rings. The third kappa shape index (κ3) is 3.16. The Kier molecular flexibility index (Phi) is 5.07. The van der Waals surface area contributed by atoms with E-state index in [0.29, 0.717) is 22.9 Å². The molecule has 0 aromatic heterocycles. The molecule has 1 N–H and O–H groups in total. The van der Waals surface area contributed by atoms with Gasteiger partial charge in [-0.25, -0.2) is 0 Å². The van der Waals surface area contributed by atoms with E-state index in [2.05, 4.69) is 25.7 Å². The summed E-state index contributed by atoms with van der Waals surface area (Å²) in [4.78, 5) is 0. The standard InChI is InChI=1S/C28H38O2/c1-26-17-18-28(29,16-13-20-7-5-4-6-8-20)19-21(26)9-10-22-23-11-12-25(30-3)27(23,2)15-14-24(22)26/h4-8,21-25,29H,9-12,14-15,17-19H2,1-3H3/t21-,22+,23+,24+,25+,26+,27+,28-/m1/s1. The molecule has 0 saturated heterocycles. The van der Waals surface area contributed by atoms with Gasteiger partial charge in [0.1, 0.15) is 5.60 Å². The van der Waals surface area contributed by atoms with Crippen molar-refractivity contribution in [3.63, 3.8) is 0 Å². The van der Waals surface area contributed by atoms with Crippen LogP contribution in [0.5, 0.6) is 0 Å². The van der Waals surface area contributed by atoms with Crippen LogP contribution >= 0.6 is 0 Å². The maximum absolute atomic E-state index is 11.3. The largest absolute Gasteiger partial charge is 0.381 e. The third-order valence-corrected chi connectivity index (χ3v) is 10.1. The zero-order valence-electron chi connectivity index (χ0n) is 19.0. The van der Waals surface area contributed by atoms with Gasteiger partial charge in [0, 0.05) is 12.7 Å². The van der Waals surface area contributed by atoms with Gasteiger partial charge in [-0.15, -0.1) is 0 Å². The van der Waals surface area contributed by atoms with Crippen LogP contribution < -0.4 is 0 Å². The first-order valence-corrected chi connectivity index (χ1v) is 12.2. The van der Waals surface area contributed by atoms with E-state index in [1.54, 1.807) is 0 Å². The molecule has 0 radical (unpaired) electrons. The Bertz CT molecular complexity index is 837. The molecule has 4 aliphatic carbocycles. The molecule has 0 bridgehead atoms. The summed E-state index contributed by atoms with van der Waals surface area (Å²) in [5.41, 5.74) is 0.944. The van der Waals surface area contributed by atoms with Crippen LogP contribution in [-0.2, 0) is 4.74 Å². The molecule has 0 spiro atoms. The lowest BCUT2D eigenvalue weighted by atomic mass is 9.44. The highest BCUT2D eigenvalue weighted by Gasteiger charge is 2.61. The minimum atomic E-state index is -0.815. The minimum absolute atomic E-state index is 0.371. The molecule has 0 heterocycles. The van der Waals surface area contributed by atoms with Crippen molar-refractivity contribution >= 4 is 0 Å². The van der Waals surface area contributed by atoms with Crippen molar-refractivity contribution in [2.45, 2.75) is 83.3 Å². The van der Waals surface area contributed by atoms with E-state index >= 15 is 0 Å². The predicted molar refractivity (Wildman–Crippen MR) is 121 cm³/mol. The van der Waals surface area contributed by atoms with Gasteiger partial charge in [0.05, 0.1) is 6.10 Å². The van der Waals surface area contributed by atoms with Gasteiger partial charge in [-0.05, 0) is 104 Å². The van der Waals surface area contributed by atoms with Crippen LogP contribution in [0.15, 0.2) is 30.3 Å². The first kappa shape index (κ1) is 20.6. The van der Waals surface area contributed by atoms with Crippen LogP contribution in [0.4, 0.5) is 0 Å². The number of fused-ring (bicyclic) bond motifs is 5. The van der Waals surface area contributed by atoms with Gasteiger partial charge in [0.15, 0.2) is 0 Å². The molecule has 4 saturated carbocycles. The Morgan fingerprint density at radius 2 is 1.67 bits per heavy atom. The van der Waals surface area contributed by atoms with Crippen LogP contribution in [0.2, 0.25) is 0 Å². The lowest BCUT2D eigenvalue weighted by Crippen LogP contribution is -2.56. The smallest absolute Gasteiger partial charge is 0.126 e. The number of hydrogen-bond donors (Lipinski definition) is 1. The molecular weight excluding hydrogens is 368 g/mol. The summed E-state index contributed by atoms with van der Waals surface area (Å²) in [5, 5.41) is 11.3. The first-order chi connectivity index (χ1) is 14.4. The Hall–Kier alpha value is -1.30. The molecular formula is C28H38O2. The quantitative estimate of drug-likeness (QED) is 0.595. The average Bonchev–Trinajstić information content (AvgIpc) is 3.10. The van der Waals surface area contributed by atoms with Crippen molar-refractivity contribution in [3.8, 4) is 11.8 Å². The zero-order chi connectivity index (χ0) is 21.0. The van der Waals surface area contributed by atoms with Gasteiger partial charge in [-0.2, -0.15) is 0 Å². The van der Waals surface area contributed by atoms with Crippen LogP contribution in [0.1, 0.15) is 77.2 Å². The van der Waals surface area contributed by atoms with Crippen LogP contribution in [0, 0.1) is 46.3 Å². The highest BCUT2D eigenvalue weighted by Crippen LogP contribution is 2.67. The van der Waals surface area contributed by atoms with Crippen LogP contribution in [0.25, 0.3) is 0 Å². The molecule has 5 rings (SSSR count). The summed E-state index contributed by atoms with van der Waals surface area (Å²) in [6.45, 7) is 5.08. The molecule has 2 nitrogen and oxygen atoms in total. The van der Waals surface area contributed by atoms with E-state index in [1.807, 2.05) is 37.4 Å². The lowest BCUT2D eigenvalue weighted by molar-refractivity contribution is -0.146. The van der Waals surface area contributed by atoms with E-state index in [9.17, 15) is 5.11 Å². The molecule has 30 heavy (non-hydrogen) atoms. The molecule has 0 amide bonds. The Balaban J connectivity index is 1.35. The summed E-state index contributed by atoms with van der Waals surface area (Å²) in [7, 11) is 1.92. The molecule has 162 valence electrons. The number of rotatable bonds is 1. The highest BCUT2D eigenvalue weighted by atomic mass is 16.5. The topological polar surface area (TPSA) is 29.5 Å². The molecule has 1 aromatic carbocycles. The Morgan fingerprint density at radius 1 is 0.900 bits per heavy atom. The second-order valence-corrected chi connectivity index (χ2v) is 11.4. The maximum Gasteiger partial charge on any atom is 0.126 e. The third-order valence-electron chi connectivity index (χ3n) is 10.1. The average molecular weight is 407 g/mol. The van der Waals surface area contributed by atoms with Crippen LogP contribution in [0.3, 0.4) is 0 Å². The Morgan fingerprint density at radius 3 is 2.43 bits per heavy atom. The van der Waals surface area contributed by atoms with Crippen molar-refractivity contribution in [2.24, 2.45) is 34.5 Å². The summed E-state index contributed by atoms with van der Waals surface area (Å²) in [6.07, 6.45) is 11.1. The number of ether oxygens (including phenoxy) is 1. The monoisotopic (exact) mass is 406 g/mol. The van der Waals surface area contributed by atoms with E-state index in [-0.39, 0.29) is 0 Å². The van der Waals surface area contributed by atoms with Gasteiger partial charge >= 0.3 is 0 Å². The SMILES string of the molecule is CO[C@H]1CC[C@H]2[C@@H]3CC[C@@H]4C[C@@](O)(C#Cc5ccccc5)CC[C@]4(C)[C@H]3CC[C@]12C. The fourth-order valence-electron chi connectivity index (χ4n) is 8.41. The molecule has 8 atom stereocenters. The molecule has 0 aliphatic heterocycles. The number of aliphatic hydroxyl groups is 1. The summed E-state index contributed by atoms with van der Waals surface area (Å²) in [6, 6.07) is 10.1. The second-order valence-electron chi connectivity index (χ2n) is 11.4. The predicted octanol–water partition coefficient (Wildman–Crippen LogP) is 5.83. The summed E-state index contributed by atoms with van der Waals surface area (Å²) >= 11 is 0. The maximum atomic E-state index is 11.3. The fraction of sp³-hybridized carbons (Fsp3) is 0.714.